The third-order valence-electron chi connectivity index (χ3n) is 4.17. The van der Waals surface area contributed by atoms with Crippen molar-refractivity contribution in [1.29, 1.82) is 0 Å². The number of hydrogen-bond acceptors (Lipinski definition) is 4. The van der Waals surface area contributed by atoms with E-state index in [1.807, 2.05) is 0 Å². The number of Topliss-reactive ketones (excluding diaryl/α,β-unsaturated/α-hetero) is 1. The van der Waals surface area contributed by atoms with Crippen LogP contribution in [0.1, 0.15) is 16.8 Å². The van der Waals surface area contributed by atoms with Gasteiger partial charge in [-0.05, 0) is 42.5 Å². The zero-order valence-corrected chi connectivity index (χ0v) is 15.5. The lowest BCUT2D eigenvalue weighted by Gasteiger charge is -2.18. The van der Waals surface area contributed by atoms with Crippen LogP contribution in [-0.4, -0.2) is 30.8 Å². The standard InChI is InChI=1S/C19H14Cl2FNO4/c20-13-3-6-15(21)16(8-13)23-9-12(7-18(23)25)19(26)27-10-17(24)11-1-4-14(22)5-2-11/h1-6,8,12H,7,9-10H2. The number of rotatable bonds is 5. The van der Waals surface area contributed by atoms with Crippen LogP contribution in [0.4, 0.5) is 10.1 Å². The van der Waals surface area contributed by atoms with E-state index in [1.165, 1.54) is 17.0 Å². The molecule has 1 saturated heterocycles. The van der Waals surface area contributed by atoms with E-state index in [0.29, 0.717) is 15.7 Å². The maximum atomic E-state index is 12.9. The number of ketones is 1. The van der Waals surface area contributed by atoms with E-state index in [-0.39, 0.29) is 24.4 Å². The molecule has 5 nitrogen and oxygen atoms in total. The van der Waals surface area contributed by atoms with Crippen molar-refractivity contribution in [2.75, 3.05) is 18.1 Å². The molecule has 2 aromatic carbocycles. The van der Waals surface area contributed by atoms with Crippen molar-refractivity contribution in [1.82, 2.24) is 0 Å². The molecule has 0 bridgehead atoms. The summed E-state index contributed by atoms with van der Waals surface area (Å²) in [6.07, 6.45) is -0.0492. The maximum Gasteiger partial charge on any atom is 0.311 e. The molecule has 0 saturated carbocycles. The number of ether oxygens (including phenoxy) is 1. The molecule has 1 aliphatic rings. The van der Waals surface area contributed by atoms with Gasteiger partial charge in [-0.3, -0.25) is 14.4 Å². The van der Waals surface area contributed by atoms with Crippen molar-refractivity contribution in [2.45, 2.75) is 6.42 Å². The van der Waals surface area contributed by atoms with E-state index < -0.39 is 30.1 Å². The molecule has 1 aliphatic heterocycles. The molecule has 1 amide bonds. The fourth-order valence-electron chi connectivity index (χ4n) is 2.76. The molecule has 0 N–H and O–H groups in total. The minimum Gasteiger partial charge on any atom is -0.457 e. The molecule has 3 rings (SSSR count). The van der Waals surface area contributed by atoms with Crippen molar-refractivity contribution < 1.29 is 23.5 Å². The third-order valence-corrected chi connectivity index (χ3v) is 4.72. The lowest BCUT2D eigenvalue weighted by atomic mass is 10.1. The van der Waals surface area contributed by atoms with Crippen molar-refractivity contribution in [3.63, 3.8) is 0 Å². The van der Waals surface area contributed by atoms with Gasteiger partial charge in [-0.1, -0.05) is 23.2 Å². The quantitative estimate of drug-likeness (QED) is 0.554. The number of benzene rings is 2. The van der Waals surface area contributed by atoms with Crippen molar-refractivity contribution >= 4 is 46.5 Å². The van der Waals surface area contributed by atoms with E-state index in [0.717, 1.165) is 12.1 Å². The molecule has 1 unspecified atom stereocenters. The van der Waals surface area contributed by atoms with Crippen LogP contribution in [-0.2, 0) is 14.3 Å². The molecule has 0 aromatic heterocycles. The molecule has 8 heteroatoms. The minimum absolute atomic E-state index is 0.0492. The zero-order chi connectivity index (χ0) is 19.6. The van der Waals surface area contributed by atoms with Crippen LogP contribution in [0, 0.1) is 11.7 Å². The van der Waals surface area contributed by atoms with E-state index in [4.69, 9.17) is 27.9 Å². The Balaban J connectivity index is 1.61. The minimum atomic E-state index is -0.714. The van der Waals surface area contributed by atoms with Gasteiger partial charge in [-0.2, -0.15) is 0 Å². The molecule has 0 spiro atoms. The third kappa shape index (κ3) is 4.46. The van der Waals surface area contributed by atoms with Gasteiger partial charge in [-0.25, -0.2) is 4.39 Å². The summed E-state index contributed by atoms with van der Waals surface area (Å²) in [5, 5.41) is 0.756. The number of esters is 1. The van der Waals surface area contributed by atoms with E-state index in [1.54, 1.807) is 18.2 Å². The fourth-order valence-corrected chi connectivity index (χ4v) is 3.15. The lowest BCUT2D eigenvalue weighted by molar-refractivity contribution is -0.147. The smallest absolute Gasteiger partial charge is 0.311 e. The topological polar surface area (TPSA) is 63.7 Å². The van der Waals surface area contributed by atoms with Gasteiger partial charge in [0, 0.05) is 23.6 Å². The first kappa shape index (κ1) is 19.3. The molecule has 1 atom stereocenters. The summed E-state index contributed by atoms with van der Waals surface area (Å²) in [7, 11) is 0. The molecule has 140 valence electrons. The monoisotopic (exact) mass is 409 g/mol. The van der Waals surface area contributed by atoms with Crippen LogP contribution < -0.4 is 4.90 Å². The van der Waals surface area contributed by atoms with E-state index in [2.05, 4.69) is 0 Å². The van der Waals surface area contributed by atoms with Gasteiger partial charge in [0.25, 0.3) is 0 Å². The van der Waals surface area contributed by atoms with Gasteiger partial charge in [0.05, 0.1) is 16.6 Å². The fraction of sp³-hybridized carbons (Fsp3) is 0.211. The molecule has 1 fully saturated rings. The largest absolute Gasteiger partial charge is 0.457 e. The SMILES string of the molecule is O=C(COC(=O)C1CC(=O)N(c2cc(Cl)ccc2Cl)C1)c1ccc(F)cc1. The predicted octanol–water partition coefficient (Wildman–Crippen LogP) is 3.91. The van der Waals surface area contributed by atoms with Crippen LogP contribution in [0.2, 0.25) is 10.0 Å². The number of halogens is 3. The molecular weight excluding hydrogens is 396 g/mol. The van der Waals surface area contributed by atoms with Gasteiger partial charge >= 0.3 is 5.97 Å². The summed E-state index contributed by atoms with van der Waals surface area (Å²) in [5.74, 6) is -2.57. The highest BCUT2D eigenvalue weighted by Crippen LogP contribution is 2.33. The molecular formula is C19H14Cl2FNO4. The second-order valence-electron chi connectivity index (χ2n) is 6.04. The Morgan fingerprint density at radius 1 is 1.15 bits per heavy atom. The molecule has 1 heterocycles. The van der Waals surface area contributed by atoms with Crippen molar-refractivity contribution in [2.24, 2.45) is 5.92 Å². The average Bonchev–Trinajstić information content (AvgIpc) is 3.03. The van der Waals surface area contributed by atoms with Crippen LogP contribution >= 0.6 is 23.2 Å². The Labute approximate surface area is 164 Å². The number of carbonyl (C=O) groups excluding carboxylic acids is 3. The summed E-state index contributed by atoms with van der Waals surface area (Å²) >= 11 is 12.1. The Bertz CT molecular complexity index is 901. The zero-order valence-electron chi connectivity index (χ0n) is 14.0. The molecule has 0 aliphatic carbocycles. The van der Waals surface area contributed by atoms with Gasteiger partial charge in [0.2, 0.25) is 5.91 Å². The van der Waals surface area contributed by atoms with Crippen LogP contribution in [0.3, 0.4) is 0 Å². The van der Waals surface area contributed by atoms with Gasteiger partial charge < -0.3 is 9.64 Å². The highest BCUT2D eigenvalue weighted by atomic mass is 35.5. The normalized spacial score (nSPS) is 16.5. The highest BCUT2D eigenvalue weighted by Gasteiger charge is 2.37. The number of hydrogen-bond donors (Lipinski definition) is 0. The van der Waals surface area contributed by atoms with E-state index >= 15 is 0 Å². The molecule has 2 aromatic rings. The Morgan fingerprint density at radius 3 is 2.56 bits per heavy atom. The van der Waals surface area contributed by atoms with Gasteiger partial charge in [0.1, 0.15) is 5.82 Å². The Kier molecular flexibility index (Phi) is 5.77. The average molecular weight is 410 g/mol. The van der Waals surface area contributed by atoms with Crippen molar-refractivity contribution in [3.05, 3.63) is 63.9 Å². The first-order valence-electron chi connectivity index (χ1n) is 8.06. The Hall–Kier alpha value is -2.44. The summed E-state index contributed by atoms with van der Waals surface area (Å²) in [6, 6.07) is 9.64. The number of anilines is 1. The van der Waals surface area contributed by atoms with E-state index in [9.17, 15) is 18.8 Å². The van der Waals surface area contributed by atoms with Crippen LogP contribution in [0.5, 0.6) is 0 Å². The number of carbonyl (C=O) groups is 3. The summed E-state index contributed by atoms with van der Waals surface area (Å²) < 4.78 is 17.9. The first-order chi connectivity index (χ1) is 12.8. The lowest BCUT2D eigenvalue weighted by Crippen LogP contribution is -2.27. The predicted molar refractivity (Wildman–Crippen MR) is 98.6 cm³/mol. The molecule has 27 heavy (non-hydrogen) atoms. The number of amides is 1. The first-order valence-corrected chi connectivity index (χ1v) is 8.81. The number of nitrogens with zero attached hydrogens (tertiary/aromatic N) is 1. The van der Waals surface area contributed by atoms with Gasteiger partial charge in [-0.15, -0.1) is 0 Å². The summed E-state index contributed by atoms with van der Waals surface area (Å²) in [5.41, 5.74) is 0.658. The second-order valence-corrected chi connectivity index (χ2v) is 6.88. The Morgan fingerprint density at radius 2 is 1.85 bits per heavy atom. The summed E-state index contributed by atoms with van der Waals surface area (Å²) in [4.78, 5) is 37.9. The molecule has 0 radical (unpaired) electrons. The summed E-state index contributed by atoms with van der Waals surface area (Å²) in [6.45, 7) is -0.393. The second kappa shape index (κ2) is 8.06. The highest BCUT2D eigenvalue weighted by molar-refractivity contribution is 6.35. The van der Waals surface area contributed by atoms with Crippen LogP contribution in [0.15, 0.2) is 42.5 Å². The maximum absolute atomic E-state index is 12.9. The van der Waals surface area contributed by atoms with Crippen LogP contribution in [0.25, 0.3) is 0 Å². The van der Waals surface area contributed by atoms with Crippen molar-refractivity contribution in [3.8, 4) is 0 Å². The van der Waals surface area contributed by atoms with Gasteiger partial charge in [0.15, 0.2) is 12.4 Å².